The highest BCUT2D eigenvalue weighted by Crippen LogP contribution is 2.05. The lowest BCUT2D eigenvalue weighted by atomic mass is 10.1. The summed E-state index contributed by atoms with van der Waals surface area (Å²) in [6.07, 6.45) is 6.53. The number of aliphatic hydroxyl groups is 1. The zero-order valence-corrected chi connectivity index (χ0v) is 9.34. The molecule has 80 valence electrons. The molecule has 0 heterocycles. The molecule has 0 fully saturated rings. The van der Waals surface area contributed by atoms with Crippen molar-refractivity contribution in [3.05, 3.63) is 0 Å². The zero-order valence-electron chi connectivity index (χ0n) is 9.34. The van der Waals surface area contributed by atoms with E-state index in [1.807, 2.05) is 6.92 Å². The third-order valence-corrected chi connectivity index (χ3v) is 2.33. The summed E-state index contributed by atoms with van der Waals surface area (Å²) in [4.78, 5) is 0. The third-order valence-electron chi connectivity index (χ3n) is 2.33. The third kappa shape index (κ3) is 8.26. The lowest BCUT2D eigenvalue weighted by Gasteiger charge is -2.17. The molecular weight excluding hydrogens is 162 g/mol. The Balaban J connectivity index is 3.24. The van der Waals surface area contributed by atoms with E-state index in [4.69, 9.17) is 5.11 Å². The molecule has 0 amide bonds. The van der Waals surface area contributed by atoms with Crippen molar-refractivity contribution in [2.45, 2.75) is 65.0 Å². The fourth-order valence-electron chi connectivity index (χ4n) is 1.50. The van der Waals surface area contributed by atoms with E-state index in [0.29, 0.717) is 6.04 Å². The highest BCUT2D eigenvalue weighted by Gasteiger charge is 2.04. The van der Waals surface area contributed by atoms with Crippen molar-refractivity contribution in [1.82, 2.24) is 5.32 Å². The van der Waals surface area contributed by atoms with Crippen LogP contribution in [0.15, 0.2) is 0 Å². The molecule has 0 rings (SSSR count). The Morgan fingerprint density at radius 1 is 1.08 bits per heavy atom. The normalized spacial score (nSPS) is 15.7. The van der Waals surface area contributed by atoms with Crippen molar-refractivity contribution in [1.29, 1.82) is 0 Å². The molecule has 2 nitrogen and oxygen atoms in total. The fraction of sp³-hybridized carbons (Fsp3) is 1.00. The predicted octanol–water partition coefficient (Wildman–Crippen LogP) is 2.32. The van der Waals surface area contributed by atoms with Gasteiger partial charge in [0.05, 0.1) is 6.61 Å². The Labute approximate surface area is 82.7 Å². The monoisotopic (exact) mass is 187 g/mol. The average molecular weight is 187 g/mol. The van der Waals surface area contributed by atoms with Gasteiger partial charge < -0.3 is 10.4 Å². The quantitative estimate of drug-likeness (QED) is 0.572. The van der Waals surface area contributed by atoms with E-state index in [2.05, 4.69) is 19.2 Å². The second-order valence-corrected chi connectivity index (χ2v) is 4.00. The summed E-state index contributed by atoms with van der Waals surface area (Å²) in [7, 11) is 0. The van der Waals surface area contributed by atoms with Crippen LogP contribution in [0.1, 0.15) is 52.9 Å². The minimum absolute atomic E-state index is 0.235. The van der Waals surface area contributed by atoms with Gasteiger partial charge in [0.1, 0.15) is 0 Å². The summed E-state index contributed by atoms with van der Waals surface area (Å²) < 4.78 is 0. The van der Waals surface area contributed by atoms with Crippen molar-refractivity contribution in [2.24, 2.45) is 0 Å². The Kier molecular flexibility index (Phi) is 8.46. The zero-order chi connectivity index (χ0) is 10.1. The topological polar surface area (TPSA) is 32.3 Å². The Morgan fingerprint density at radius 3 is 2.31 bits per heavy atom. The molecule has 0 aliphatic heterocycles. The van der Waals surface area contributed by atoms with E-state index in [1.54, 1.807) is 0 Å². The summed E-state index contributed by atoms with van der Waals surface area (Å²) >= 11 is 0. The maximum absolute atomic E-state index is 8.83. The first kappa shape index (κ1) is 12.9. The largest absolute Gasteiger partial charge is 0.395 e. The molecule has 0 aromatic heterocycles. The van der Waals surface area contributed by atoms with Crippen LogP contribution in [0.5, 0.6) is 0 Å². The molecule has 1 unspecified atom stereocenters. The minimum Gasteiger partial charge on any atom is -0.395 e. The van der Waals surface area contributed by atoms with Gasteiger partial charge in [0, 0.05) is 12.1 Å². The molecule has 0 aromatic rings. The van der Waals surface area contributed by atoms with E-state index in [9.17, 15) is 0 Å². The van der Waals surface area contributed by atoms with Gasteiger partial charge in [-0.3, -0.25) is 0 Å². The van der Waals surface area contributed by atoms with Crippen LogP contribution in [0.3, 0.4) is 0 Å². The summed E-state index contributed by atoms with van der Waals surface area (Å²) in [5.41, 5.74) is 0. The van der Waals surface area contributed by atoms with Crippen molar-refractivity contribution in [2.75, 3.05) is 6.61 Å². The number of unbranched alkanes of at least 4 members (excludes halogenated alkanes) is 3. The number of nitrogens with one attached hydrogen (secondary N) is 1. The number of rotatable bonds is 8. The highest BCUT2D eigenvalue weighted by molar-refractivity contribution is 4.66. The lowest BCUT2D eigenvalue weighted by Crippen LogP contribution is -2.36. The van der Waals surface area contributed by atoms with Crippen molar-refractivity contribution in [3.63, 3.8) is 0 Å². The molecule has 13 heavy (non-hydrogen) atoms. The second-order valence-electron chi connectivity index (χ2n) is 4.00. The molecule has 2 N–H and O–H groups in total. The summed E-state index contributed by atoms with van der Waals surface area (Å²) in [5.74, 6) is 0. The predicted molar refractivity (Wildman–Crippen MR) is 57.9 cm³/mol. The van der Waals surface area contributed by atoms with Gasteiger partial charge in [-0.15, -0.1) is 0 Å². The summed E-state index contributed by atoms with van der Waals surface area (Å²) in [5, 5.41) is 12.2. The molecule has 0 aliphatic rings. The average Bonchev–Trinajstić information content (AvgIpc) is 2.12. The van der Waals surface area contributed by atoms with Gasteiger partial charge in [0.2, 0.25) is 0 Å². The standard InChI is InChI=1S/C11H25NO/c1-4-5-6-7-8-10(2)12-11(3)9-13/h10-13H,4-9H2,1-3H3/t10?,11-/m0/s1. The second kappa shape index (κ2) is 8.52. The molecule has 0 bridgehead atoms. The van der Waals surface area contributed by atoms with E-state index in [0.717, 1.165) is 0 Å². The highest BCUT2D eigenvalue weighted by atomic mass is 16.3. The molecule has 0 aliphatic carbocycles. The Hall–Kier alpha value is -0.0800. The molecule has 0 saturated carbocycles. The van der Waals surface area contributed by atoms with Crippen molar-refractivity contribution < 1.29 is 5.11 Å². The Morgan fingerprint density at radius 2 is 1.77 bits per heavy atom. The first-order valence-corrected chi connectivity index (χ1v) is 5.57. The van der Waals surface area contributed by atoms with Crippen LogP contribution in [-0.4, -0.2) is 23.8 Å². The van der Waals surface area contributed by atoms with Crippen LogP contribution < -0.4 is 5.32 Å². The van der Waals surface area contributed by atoms with Crippen LogP contribution in [0.25, 0.3) is 0 Å². The molecule has 0 aromatic carbocycles. The molecule has 2 heteroatoms. The van der Waals surface area contributed by atoms with E-state index in [1.165, 1.54) is 32.1 Å². The smallest absolute Gasteiger partial charge is 0.0582 e. The van der Waals surface area contributed by atoms with E-state index < -0.39 is 0 Å². The number of hydrogen-bond acceptors (Lipinski definition) is 2. The van der Waals surface area contributed by atoms with Gasteiger partial charge in [0.25, 0.3) is 0 Å². The van der Waals surface area contributed by atoms with Crippen LogP contribution in [0.4, 0.5) is 0 Å². The number of aliphatic hydroxyl groups excluding tert-OH is 1. The van der Waals surface area contributed by atoms with Crippen LogP contribution in [-0.2, 0) is 0 Å². The van der Waals surface area contributed by atoms with E-state index >= 15 is 0 Å². The fourth-order valence-corrected chi connectivity index (χ4v) is 1.50. The van der Waals surface area contributed by atoms with Gasteiger partial charge in [0.15, 0.2) is 0 Å². The van der Waals surface area contributed by atoms with Gasteiger partial charge in [-0.25, -0.2) is 0 Å². The molecule has 2 atom stereocenters. The maximum atomic E-state index is 8.83. The number of hydrogen-bond donors (Lipinski definition) is 2. The lowest BCUT2D eigenvalue weighted by molar-refractivity contribution is 0.240. The first-order valence-electron chi connectivity index (χ1n) is 5.57. The van der Waals surface area contributed by atoms with Gasteiger partial charge >= 0.3 is 0 Å². The molecule has 0 spiro atoms. The first-order chi connectivity index (χ1) is 6.20. The molecule has 0 saturated heterocycles. The van der Waals surface area contributed by atoms with Crippen molar-refractivity contribution in [3.8, 4) is 0 Å². The van der Waals surface area contributed by atoms with Crippen LogP contribution in [0, 0.1) is 0 Å². The summed E-state index contributed by atoms with van der Waals surface area (Å²) in [6, 6.07) is 0.778. The SMILES string of the molecule is CCCCCCC(C)N[C@@H](C)CO. The Bertz CT molecular complexity index is 106. The minimum atomic E-state index is 0.235. The van der Waals surface area contributed by atoms with E-state index in [-0.39, 0.29) is 12.6 Å². The van der Waals surface area contributed by atoms with Crippen LogP contribution >= 0.6 is 0 Å². The molecule has 0 radical (unpaired) electrons. The van der Waals surface area contributed by atoms with Gasteiger partial charge in [-0.2, -0.15) is 0 Å². The van der Waals surface area contributed by atoms with Gasteiger partial charge in [-0.05, 0) is 20.3 Å². The van der Waals surface area contributed by atoms with Crippen molar-refractivity contribution >= 4 is 0 Å². The maximum Gasteiger partial charge on any atom is 0.0582 e. The van der Waals surface area contributed by atoms with Gasteiger partial charge in [-0.1, -0.05) is 32.6 Å². The molecular formula is C11H25NO. The summed E-state index contributed by atoms with van der Waals surface area (Å²) in [6.45, 7) is 6.68. The van der Waals surface area contributed by atoms with Crippen LogP contribution in [0.2, 0.25) is 0 Å².